The molecule has 28 heavy (non-hydrogen) atoms. The summed E-state index contributed by atoms with van der Waals surface area (Å²) in [6.45, 7) is 4.95. The zero-order valence-electron chi connectivity index (χ0n) is 15.8. The van der Waals surface area contributed by atoms with Crippen LogP contribution in [0.2, 0.25) is 0 Å². The van der Waals surface area contributed by atoms with Crippen LogP contribution in [0.25, 0.3) is 0 Å². The number of ether oxygens (including phenoxy) is 2. The number of aryl methyl sites for hydroxylation is 1. The molecule has 146 valence electrons. The third-order valence-corrected chi connectivity index (χ3v) is 6.67. The molecule has 3 heterocycles. The van der Waals surface area contributed by atoms with Gasteiger partial charge in [-0.25, -0.2) is 0 Å². The fraction of sp³-hybridized carbons (Fsp3) is 0.316. The van der Waals surface area contributed by atoms with Gasteiger partial charge in [-0.05, 0) is 37.6 Å². The van der Waals surface area contributed by atoms with Gasteiger partial charge in [-0.15, -0.1) is 10.2 Å². The number of carbonyl (C=O) groups excluding carboxylic acids is 1. The molecule has 2 aromatic heterocycles. The Kier molecular flexibility index (Phi) is 5.27. The summed E-state index contributed by atoms with van der Waals surface area (Å²) in [6.07, 6.45) is 0. The smallest absolute Gasteiger partial charge is 0.231 e. The summed E-state index contributed by atoms with van der Waals surface area (Å²) in [5, 5.41) is 11.8. The summed E-state index contributed by atoms with van der Waals surface area (Å²) in [5.74, 6) is 1.98. The molecule has 0 saturated heterocycles. The van der Waals surface area contributed by atoms with Crippen molar-refractivity contribution < 1.29 is 14.3 Å². The zero-order valence-corrected chi connectivity index (χ0v) is 17.4. The molecule has 0 aliphatic carbocycles. The molecular weight excluding hydrogens is 396 g/mol. The number of hydrogen-bond donors (Lipinski definition) is 1. The number of anilines is 1. The van der Waals surface area contributed by atoms with Crippen molar-refractivity contribution in [1.29, 1.82) is 0 Å². The highest BCUT2D eigenvalue weighted by atomic mass is 32.2. The van der Waals surface area contributed by atoms with Crippen LogP contribution in [-0.4, -0.2) is 40.1 Å². The minimum atomic E-state index is 0.0937. The van der Waals surface area contributed by atoms with E-state index in [4.69, 9.17) is 9.47 Å². The van der Waals surface area contributed by atoms with Crippen LogP contribution in [0, 0.1) is 13.8 Å². The minimum Gasteiger partial charge on any atom is -0.454 e. The van der Waals surface area contributed by atoms with Gasteiger partial charge in [0.15, 0.2) is 21.6 Å². The van der Waals surface area contributed by atoms with Gasteiger partial charge >= 0.3 is 0 Å². The largest absolute Gasteiger partial charge is 0.454 e. The van der Waals surface area contributed by atoms with E-state index in [1.807, 2.05) is 38.1 Å². The standard InChI is InChI=1S/C19H20N4O3S2/c1-11-6-14(15(24)9-27-19-22-21-18(20-3)28-19)12(2)23(11)8-13-4-5-16-17(7-13)26-10-25-16/h4-7H,8-10H2,1-3H3,(H,20,21). The molecule has 0 radical (unpaired) electrons. The summed E-state index contributed by atoms with van der Waals surface area (Å²) >= 11 is 2.86. The fourth-order valence-electron chi connectivity index (χ4n) is 3.12. The van der Waals surface area contributed by atoms with Crippen LogP contribution in [0.15, 0.2) is 28.6 Å². The molecule has 9 heteroatoms. The first-order chi connectivity index (χ1) is 13.5. The Hall–Kier alpha value is -2.52. The maximum Gasteiger partial charge on any atom is 0.231 e. The monoisotopic (exact) mass is 416 g/mol. The molecule has 0 atom stereocenters. The topological polar surface area (TPSA) is 78.3 Å². The van der Waals surface area contributed by atoms with Gasteiger partial charge in [-0.3, -0.25) is 4.79 Å². The van der Waals surface area contributed by atoms with Crippen molar-refractivity contribution in [2.24, 2.45) is 0 Å². The fourth-order valence-corrected chi connectivity index (χ4v) is 4.71. The lowest BCUT2D eigenvalue weighted by atomic mass is 10.1. The molecular formula is C19H20N4O3S2. The van der Waals surface area contributed by atoms with Crippen molar-refractivity contribution in [2.75, 3.05) is 24.9 Å². The van der Waals surface area contributed by atoms with E-state index in [9.17, 15) is 4.79 Å². The molecule has 1 aliphatic rings. The Bertz CT molecular complexity index is 1030. The van der Waals surface area contributed by atoms with Crippen molar-refractivity contribution >= 4 is 34.0 Å². The number of aromatic nitrogens is 3. The van der Waals surface area contributed by atoms with Gasteiger partial charge in [0.1, 0.15) is 0 Å². The number of Topliss-reactive ketones (excluding diaryl/α,β-unsaturated/α-hetero) is 1. The molecule has 0 bridgehead atoms. The van der Waals surface area contributed by atoms with Crippen LogP contribution in [-0.2, 0) is 6.54 Å². The van der Waals surface area contributed by atoms with E-state index in [0.717, 1.165) is 43.5 Å². The van der Waals surface area contributed by atoms with Gasteiger partial charge in [-0.2, -0.15) is 0 Å². The predicted octanol–water partition coefficient (Wildman–Crippen LogP) is 3.75. The molecule has 0 fully saturated rings. The van der Waals surface area contributed by atoms with Crippen LogP contribution < -0.4 is 14.8 Å². The average molecular weight is 417 g/mol. The second-order valence-corrected chi connectivity index (χ2v) is 8.59. The Balaban J connectivity index is 1.47. The summed E-state index contributed by atoms with van der Waals surface area (Å²) in [4.78, 5) is 12.8. The van der Waals surface area contributed by atoms with Crippen molar-refractivity contribution in [3.63, 3.8) is 0 Å². The molecule has 1 aromatic carbocycles. The number of thioether (sulfide) groups is 1. The highest BCUT2D eigenvalue weighted by Crippen LogP contribution is 2.33. The lowest BCUT2D eigenvalue weighted by Gasteiger charge is -2.10. The number of nitrogens with one attached hydrogen (secondary N) is 1. The highest BCUT2D eigenvalue weighted by molar-refractivity contribution is 8.01. The van der Waals surface area contributed by atoms with Gasteiger partial charge in [0.05, 0.1) is 5.75 Å². The number of ketones is 1. The number of carbonyl (C=O) groups is 1. The van der Waals surface area contributed by atoms with Crippen LogP contribution >= 0.6 is 23.1 Å². The normalized spacial score (nSPS) is 12.4. The van der Waals surface area contributed by atoms with E-state index < -0.39 is 0 Å². The van der Waals surface area contributed by atoms with Gasteiger partial charge in [-0.1, -0.05) is 29.2 Å². The van der Waals surface area contributed by atoms with Crippen LogP contribution in [0.1, 0.15) is 27.3 Å². The van der Waals surface area contributed by atoms with Gasteiger partial charge in [0.25, 0.3) is 0 Å². The Morgan fingerprint density at radius 3 is 2.86 bits per heavy atom. The summed E-state index contributed by atoms with van der Waals surface area (Å²) in [5.41, 5.74) is 3.88. The van der Waals surface area contributed by atoms with E-state index >= 15 is 0 Å². The average Bonchev–Trinajstić information content (AvgIpc) is 3.41. The van der Waals surface area contributed by atoms with E-state index in [-0.39, 0.29) is 12.6 Å². The van der Waals surface area contributed by atoms with Crippen molar-refractivity contribution in [3.05, 3.63) is 46.8 Å². The first-order valence-electron chi connectivity index (χ1n) is 8.77. The number of benzene rings is 1. The maximum absolute atomic E-state index is 12.8. The van der Waals surface area contributed by atoms with E-state index in [2.05, 4.69) is 20.1 Å². The third-order valence-electron chi connectivity index (χ3n) is 4.60. The summed E-state index contributed by atoms with van der Waals surface area (Å²) < 4.78 is 13.8. The van der Waals surface area contributed by atoms with Crippen molar-refractivity contribution in [2.45, 2.75) is 24.7 Å². The van der Waals surface area contributed by atoms with Crippen molar-refractivity contribution in [1.82, 2.24) is 14.8 Å². The van der Waals surface area contributed by atoms with E-state index in [0.29, 0.717) is 12.3 Å². The zero-order chi connectivity index (χ0) is 19.7. The van der Waals surface area contributed by atoms with Gasteiger partial charge in [0.2, 0.25) is 11.9 Å². The summed E-state index contributed by atoms with van der Waals surface area (Å²) in [6, 6.07) is 7.91. The quantitative estimate of drug-likeness (QED) is 0.464. The van der Waals surface area contributed by atoms with Crippen LogP contribution in [0.5, 0.6) is 11.5 Å². The van der Waals surface area contributed by atoms with Gasteiger partial charge < -0.3 is 19.4 Å². The molecule has 0 unspecified atom stereocenters. The molecule has 1 aliphatic heterocycles. The molecule has 3 aromatic rings. The van der Waals surface area contributed by atoms with Crippen LogP contribution in [0.4, 0.5) is 5.13 Å². The first-order valence-corrected chi connectivity index (χ1v) is 10.6. The number of fused-ring (bicyclic) bond motifs is 1. The maximum atomic E-state index is 12.8. The minimum absolute atomic E-state index is 0.0937. The third kappa shape index (κ3) is 3.72. The number of rotatable bonds is 7. The SMILES string of the molecule is CNc1nnc(SCC(=O)c2cc(C)n(Cc3ccc4c(c3)OCO4)c2C)s1. The Labute approximate surface area is 171 Å². The number of nitrogens with zero attached hydrogens (tertiary/aromatic N) is 3. The Morgan fingerprint density at radius 1 is 1.25 bits per heavy atom. The predicted molar refractivity (Wildman–Crippen MR) is 110 cm³/mol. The van der Waals surface area contributed by atoms with Crippen LogP contribution in [0.3, 0.4) is 0 Å². The second-order valence-electron chi connectivity index (χ2n) is 6.39. The first kappa shape index (κ1) is 18.8. The molecule has 0 amide bonds. The molecule has 4 rings (SSSR count). The van der Waals surface area contributed by atoms with Crippen molar-refractivity contribution in [3.8, 4) is 11.5 Å². The van der Waals surface area contributed by atoms with E-state index in [1.54, 1.807) is 7.05 Å². The molecule has 0 spiro atoms. The lowest BCUT2D eigenvalue weighted by molar-refractivity contribution is 0.102. The molecule has 1 N–H and O–H groups in total. The summed E-state index contributed by atoms with van der Waals surface area (Å²) in [7, 11) is 1.80. The second kappa shape index (κ2) is 7.84. The molecule has 0 saturated carbocycles. The lowest BCUT2D eigenvalue weighted by Crippen LogP contribution is -2.07. The molecule has 7 nitrogen and oxygen atoms in total. The highest BCUT2D eigenvalue weighted by Gasteiger charge is 2.18. The van der Waals surface area contributed by atoms with Gasteiger partial charge in [0, 0.05) is 30.5 Å². The Morgan fingerprint density at radius 2 is 2.07 bits per heavy atom. The van der Waals surface area contributed by atoms with E-state index in [1.165, 1.54) is 23.1 Å². The number of hydrogen-bond acceptors (Lipinski definition) is 8.